The van der Waals surface area contributed by atoms with Crippen molar-refractivity contribution in [1.82, 2.24) is 0 Å². The van der Waals surface area contributed by atoms with E-state index in [1.54, 1.807) is 6.07 Å². The summed E-state index contributed by atoms with van der Waals surface area (Å²) in [7, 11) is 0. The molecular weight excluding hydrogens is 342 g/mol. The number of benzene rings is 1. The van der Waals surface area contributed by atoms with Crippen molar-refractivity contribution in [3.63, 3.8) is 0 Å². The Bertz CT molecular complexity index is 587. The molecular formula is C19H30ClNO4. The number of unbranched alkanes of at least 4 members (excludes halogenated alkanes) is 2. The van der Waals surface area contributed by atoms with Crippen molar-refractivity contribution in [2.45, 2.75) is 66.2 Å². The monoisotopic (exact) mass is 371 g/mol. The Morgan fingerprint density at radius 3 is 2.28 bits per heavy atom. The molecule has 0 aliphatic heterocycles. The molecule has 1 rings (SSSR count). The number of nitrogen functional groups attached to an aromatic ring is 1. The second-order valence-corrected chi connectivity index (χ2v) is 5.84. The average Bonchev–Trinajstić information content (AvgIpc) is 2.54. The number of rotatable bonds is 9. The minimum absolute atomic E-state index is 0. The number of ether oxygens (including phenoxy) is 2. The number of aryl methyl sites for hydroxylation is 1. The van der Waals surface area contributed by atoms with Gasteiger partial charge in [-0.3, -0.25) is 4.79 Å². The lowest BCUT2D eigenvalue weighted by molar-refractivity contribution is -0.131. The molecule has 5 nitrogen and oxygen atoms in total. The average molecular weight is 372 g/mol. The van der Waals surface area contributed by atoms with Crippen molar-refractivity contribution >= 4 is 30.0 Å². The topological polar surface area (TPSA) is 78.6 Å². The third-order valence-electron chi connectivity index (χ3n) is 3.86. The van der Waals surface area contributed by atoms with Gasteiger partial charge in [0.05, 0.1) is 6.61 Å². The summed E-state index contributed by atoms with van der Waals surface area (Å²) >= 11 is 0. The number of halogens is 1. The molecule has 0 heterocycles. The maximum Gasteiger partial charge on any atom is 0.341 e. The molecule has 1 aromatic rings. The van der Waals surface area contributed by atoms with Gasteiger partial charge in [-0.05, 0) is 37.3 Å². The van der Waals surface area contributed by atoms with E-state index in [0.717, 1.165) is 37.7 Å². The zero-order valence-corrected chi connectivity index (χ0v) is 16.5. The van der Waals surface area contributed by atoms with Crippen LogP contribution >= 0.6 is 12.4 Å². The van der Waals surface area contributed by atoms with Gasteiger partial charge in [-0.1, -0.05) is 33.6 Å². The van der Waals surface area contributed by atoms with Gasteiger partial charge in [-0.25, -0.2) is 4.79 Å². The van der Waals surface area contributed by atoms with Gasteiger partial charge in [0, 0.05) is 18.2 Å². The third kappa shape index (κ3) is 6.58. The summed E-state index contributed by atoms with van der Waals surface area (Å²) in [5, 5.41) is 0. The molecule has 0 bridgehead atoms. The van der Waals surface area contributed by atoms with E-state index in [0.29, 0.717) is 29.8 Å². The quantitative estimate of drug-likeness (QED) is 0.299. The fourth-order valence-corrected chi connectivity index (χ4v) is 2.52. The molecule has 0 radical (unpaired) electrons. The molecule has 0 aliphatic rings. The van der Waals surface area contributed by atoms with Crippen molar-refractivity contribution in [1.29, 1.82) is 0 Å². The number of anilines is 1. The Balaban J connectivity index is 0.00000576. The van der Waals surface area contributed by atoms with Crippen LogP contribution in [0.15, 0.2) is 6.07 Å². The summed E-state index contributed by atoms with van der Waals surface area (Å²) in [6.45, 7) is 7.72. The number of esters is 2. The molecule has 0 saturated heterocycles. The Kier molecular flexibility index (Phi) is 10.9. The summed E-state index contributed by atoms with van der Waals surface area (Å²) in [6, 6.07) is 1.72. The first-order valence-corrected chi connectivity index (χ1v) is 8.75. The van der Waals surface area contributed by atoms with E-state index >= 15 is 0 Å². The Hall–Kier alpha value is -1.75. The van der Waals surface area contributed by atoms with Gasteiger partial charge in [-0.2, -0.15) is 0 Å². The van der Waals surface area contributed by atoms with Gasteiger partial charge < -0.3 is 15.2 Å². The maximum absolute atomic E-state index is 12.5. The molecule has 0 amide bonds. The molecule has 0 atom stereocenters. The molecule has 0 fully saturated rings. The largest absolute Gasteiger partial charge is 0.462 e. The SMILES string of the molecule is CCCCOC(=O)c1cc(CCCC)c(N)c(CC)c1OC(C)=O.Cl. The maximum atomic E-state index is 12.5. The number of hydrogen-bond acceptors (Lipinski definition) is 5. The van der Waals surface area contributed by atoms with E-state index < -0.39 is 11.9 Å². The Labute approximate surface area is 156 Å². The van der Waals surface area contributed by atoms with Gasteiger partial charge in [0.1, 0.15) is 5.56 Å². The molecule has 0 spiro atoms. The fourth-order valence-electron chi connectivity index (χ4n) is 2.52. The van der Waals surface area contributed by atoms with Crippen LogP contribution in [0, 0.1) is 0 Å². The molecule has 25 heavy (non-hydrogen) atoms. The Morgan fingerprint density at radius 1 is 1.12 bits per heavy atom. The highest BCUT2D eigenvalue weighted by molar-refractivity contribution is 5.95. The van der Waals surface area contributed by atoms with E-state index in [9.17, 15) is 9.59 Å². The fraction of sp³-hybridized carbons (Fsp3) is 0.579. The van der Waals surface area contributed by atoms with E-state index in [4.69, 9.17) is 15.2 Å². The van der Waals surface area contributed by atoms with Crippen LogP contribution in [0.3, 0.4) is 0 Å². The second-order valence-electron chi connectivity index (χ2n) is 5.84. The first-order valence-electron chi connectivity index (χ1n) is 8.75. The number of hydrogen-bond donors (Lipinski definition) is 1. The van der Waals surface area contributed by atoms with Gasteiger partial charge in [0.25, 0.3) is 0 Å². The summed E-state index contributed by atoms with van der Waals surface area (Å²) in [5.74, 6) is -0.704. The van der Waals surface area contributed by atoms with Crippen LogP contribution in [0.2, 0.25) is 0 Å². The number of nitrogens with two attached hydrogens (primary N) is 1. The molecule has 0 aromatic heterocycles. The van der Waals surface area contributed by atoms with Gasteiger partial charge in [0.15, 0.2) is 5.75 Å². The van der Waals surface area contributed by atoms with Crippen LogP contribution in [-0.4, -0.2) is 18.5 Å². The van der Waals surface area contributed by atoms with Crippen molar-refractivity contribution < 1.29 is 19.1 Å². The lowest BCUT2D eigenvalue weighted by atomic mass is 9.96. The summed E-state index contributed by atoms with van der Waals surface area (Å²) in [5.41, 5.74) is 8.76. The van der Waals surface area contributed by atoms with Crippen molar-refractivity contribution in [3.05, 3.63) is 22.8 Å². The molecule has 0 saturated carbocycles. The zero-order valence-electron chi connectivity index (χ0n) is 15.6. The van der Waals surface area contributed by atoms with Crippen LogP contribution in [0.5, 0.6) is 5.75 Å². The summed E-state index contributed by atoms with van der Waals surface area (Å²) < 4.78 is 10.6. The van der Waals surface area contributed by atoms with Crippen LogP contribution < -0.4 is 10.5 Å². The van der Waals surface area contributed by atoms with Gasteiger partial charge >= 0.3 is 11.9 Å². The minimum Gasteiger partial charge on any atom is -0.462 e. The predicted octanol–water partition coefficient (Wildman–Crippen LogP) is 4.48. The third-order valence-corrected chi connectivity index (χ3v) is 3.86. The van der Waals surface area contributed by atoms with Gasteiger partial charge in [0.2, 0.25) is 0 Å². The normalized spacial score (nSPS) is 10.1. The van der Waals surface area contributed by atoms with E-state index in [1.165, 1.54) is 6.92 Å². The lowest BCUT2D eigenvalue weighted by Gasteiger charge is -2.18. The first-order chi connectivity index (χ1) is 11.5. The van der Waals surface area contributed by atoms with Crippen molar-refractivity contribution in [2.75, 3.05) is 12.3 Å². The molecule has 2 N–H and O–H groups in total. The number of carbonyl (C=O) groups is 2. The Morgan fingerprint density at radius 2 is 1.76 bits per heavy atom. The van der Waals surface area contributed by atoms with Crippen LogP contribution in [0.4, 0.5) is 5.69 Å². The standard InChI is InChI=1S/C19H29NO4.ClH/c1-5-8-10-14-12-16(19(22)23-11-9-6-2)18(24-13(4)21)15(7-3)17(14)20;/h12H,5-11,20H2,1-4H3;1H. The summed E-state index contributed by atoms with van der Waals surface area (Å²) in [4.78, 5) is 23.9. The molecule has 142 valence electrons. The van der Waals surface area contributed by atoms with Gasteiger partial charge in [-0.15, -0.1) is 12.4 Å². The second kappa shape index (κ2) is 11.7. The van der Waals surface area contributed by atoms with E-state index in [1.807, 2.05) is 13.8 Å². The zero-order chi connectivity index (χ0) is 18.1. The van der Waals surface area contributed by atoms with Crippen molar-refractivity contribution in [3.8, 4) is 5.75 Å². The summed E-state index contributed by atoms with van der Waals surface area (Å²) in [6.07, 6.45) is 5.10. The molecule has 6 heteroatoms. The lowest BCUT2D eigenvalue weighted by Crippen LogP contribution is -2.15. The highest BCUT2D eigenvalue weighted by Gasteiger charge is 2.23. The van der Waals surface area contributed by atoms with Crippen LogP contribution in [0.1, 0.15) is 74.9 Å². The molecule has 0 unspecified atom stereocenters. The van der Waals surface area contributed by atoms with E-state index in [2.05, 4.69) is 6.92 Å². The number of carbonyl (C=O) groups excluding carboxylic acids is 2. The predicted molar refractivity (Wildman–Crippen MR) is 103 cm³/mol. The first kappa shape index (κ1) is 23.2. The highest BCUT2D eigenvalue weighted by Crippen LogP contribution is 2.34. The minimum atomic E-state index is -0.479. The van der Waals surface area contributed by atoms with Crippen LogP contribution in [-0.2, 0) is 22.4 Å². The molecule has 0 aliphatic carbocycles. The van der Waals surface area contributed by atoms with Crippen molar-refractivity contribution in [2.24, 2.45) is 0 Å². The smallest absolute Gasteiger partial charge is 0.341 e. The molecule has 1 aromatic carbocycles. The highest BCUT2D eigenvalue weighted by atomic mass is 35.5. The van der Waals surface area contributed by atoms with E-state index in [-0.39, 0.29) is 18.2 Å². The van der Waals surface area contributed by atoms with Crippen LogP contribution in [0.25, 0.3) is 0 Å².